The number of hydrogen-bond acceptors (Lipinski definition) is 2. The average molecular weight is 244 g/mol. The lowest BCUT2D eigenvalue weighted by molar-refractivity contribution is -0.137. The second kappa shape index (κ2) is 5.49. The molecule has 0 spiro atoms. The molecule has 0 bridgehead atoms. The molecule has 1 heterocycles. The van der Waals surface area contributed by atoms with Gasteiger partial charge < -0.3 is 9.67 Å². The van der Waals surface area contributed by atoms with Gasteiger partial charge in [-0.1, -0.05) is 19.1 Å². The second-order valence-corrected chi connectivity index (χ2v) is 4.13. The topological polar surface area (TPSA) is 55.1 Å². The van der Waals surface area contributed by atoms with Gasteiger partial charge in [0, 0.05) is 24.5 Å². The molecule has 0 unspecified atom stereocenters. The highest BCUT2D eigenvalue weighted by molar-refractivity contribution is 5.66. The highest BCUT2D eigenvalue weighted by Gasteiger charge is 2.07. The predicted molar refractivity (Wildman–Crippen MR) is 68.9 cm³/mol. The van der Waals surface area contributed by atoms with Crippen molar-refractivity contribution in [2.75, 3.05) is 0 Å². The predicted octanol–water partition coefficient (Wildman–Crippen LogP) is 2.45. The molecule has 0 atom stereocenters. The van der Waals surface area contributed by atoms with Crippen LogP contribution in [-0.2, 0) is 17.6 Å². The van der Waals surface area contributed by atoms with Crippen LogP contribution in [0.3, 0.4) is 0 Å². The van der Waals surface area contributed by atoms with Gasteiger partial charge in [-0.15, -0.1) is 0 Å². The summed E-state index contributed by atoms with van der Waals surface area (Å²) in [6.45, 7) is 2.12. The zero-order valence-electron chi connectivity index (χ0n) is 10.3. The third-order valence-electron chi connectivity index (χ3n) is 2.90. The van der Waals surface area contributed by atoms with E-state index in [2.05, 4.69) is 24.0 Å². The summed E-state index contributed by atoms with van der Waals surface area (Å²) < 4.78 is 1.93. The molecule has 2 aromatic rings. The molecular formula is C14H16N2O2. The van der Waals surface area contributed by atoms with Crippen LogP contribution in [0.4, 0.5) is 0 Å². The Morgan fingerprint density at radius 1 is 1.33 bits per heavy atom. The molecule has 0 aliphatic carbocycles. The maximum Gasteiger partial charge on any atom is 0.303 e. The Morgan fingerprint density at radius 2 is 2.06 bits per heavy atom. The maximum atomic E-state index is 10.6. The Hall–Kier alpha value is -2.10. The van der Waals surface area contributed by atoms with Crippen molar-refractivity contribution in [1.82, 2.24) is 9.55 Å². The van der Waals surface area contributed by atoms with Gasteiger partial charge in [0.1, 0.15) is 5.82 Å². The summed E-state index contributed by atoms with van der Waals surface area (Å²) in [5, 5.41) is 8.71. The number of benzene rings is 1. The lowest BCUT2D eigenvalue weighted by Gasteiger charge is -2.07. The number of aromatic nitrogens is 2. The number of aliphatic carboxylic acids is 1. The minimum absolute atomic E-state index is 0.101. The molecule has 4 heteroatoms. The van der Waals surface area contributed by atoms with Crippen LogP contribution in [0.5, 0.6) is 0 Å². The zero-order chi connectivity index (χ0) is 13.0. The zero-order valence-corrected chi connectivity index (χ0v) is 10.3. The Bertz CT molecular complexity index is 529. The summed E-state index contributed by atoms with van der Waals surface area (Å²) in [5.41, 5.74) is 2.30. The number of carboxylic acids is 1. The highest BCUT2D eigenvalue weighted by Crippen LogP contribution is 2.13. The Labute approximate surface area is 106 Å². The standard InChI is InChI=1S/C14H16N2O2/c1-2-11-3-5-12(6-4-11)16-10-9-15-13(16)7-8-14(17)18/h3-6,9-10H,2,7-8H2,1H3,(H,17,18). The number of hydrogen-bond donors (Lipinski definition) is 1. The summed E-state index contributed by atoms with van der Waals surface area (Å²) in [6.07, 6.45) is 5.11. The molecule has 1 aromatic carbocycles. The van der Waals surface area contributed by atoms with Crippen molar-refractivity contribution in [2.24, 2.45) is 0 Å². The first-order valence-electron chi connectivity index (χ1n) is 6.04. The van der Waals surface area contributed by atoms with E-state index in [0.717, 1.165) is 17.9 Å². The molecule has 0 aliphatic heterocycles. The Kier molecular flexibility index (Phi) is 3.77. The molecule has 2 rings (SSSR count). The Morgan fingerprint density at radius 3 is 2.67 bits per heavy atom. The number of imidazole rings is 1. The molecule has 0 saturated heterocycles. The van der Waals surface area contributed by atoms with E-state index in [9.17, 15) is 4.79 Å². The van der Waals surface area contributed by atoms with Gasteiger partial charge in [0.25, 0.3) is 0 Å². The van der Waals surface area contributed by atoms with E-state index in [1.807, 2.05) is 22.9 Å². The summed E-state index contributed by atoms with van der Waals surface area (Å²) in [4.78, 5) is 14.8. The van der Waals surface area contributed by atoms with Gasteiger partial charge in [-0.25, -0.2) is 4.98 Å². The smallest absolute Gasteiger partial charge is 0.303 e. The van der Waals surface area contributed by atoms with Crippen LogP contribution >= 0.6 is 0 Å². The largest absolute Gasteiger partial charge is 0.481 e. The molecule has 0 fully saturated rings. The highest BCUT2D eigenvalue weighted by atomic mass is 16.4. The normalized spacial score (nSPS) is 10.5. The van der Waals surface area contributed by atoms with Crippen molar-refractivity contribution in [1.29, 1.82) is 0 Å². The van der Waals surface area contributed by atoms with Crippen LogP contribution in [0, 0.1) is 0 Å². The van der Waals surface area contributed by atoms with Gasteiger partial charge in [-0.05, 0) is 24.1 Å². The van der Waals surface area contributed by atoms with Crippen LogP contribution < -0.4 is 0 Å². The van der Waals surface area contributed by atoms with E-state index < -0.39 is 5.97 Å². The van der Waals surface area contributed by atoms with E-state index in [0.29, 0.717) is 6.42 Å². The first-order chi connectivity index (χ1) is 8.70. The molecule has 0 saturated carbocycles. The van der Waals surface area contributed by atoms with E-state index >= 15 is 0 Å². The van der Waals surface area contributed by atoms with Crippen LogP contribution in [0.15, 0.2) is 36.7 Å². The first-order valence-corrected chi connectivity index (χ1v) is 6.04. The SMILES string of the molecule is CCc1ccc(-n2ccnc2CCC(=O)O)cc1. The van der Waals surface area contributed by atoms with Gasteiger partial charge in [0.2, 0.25) is 0 Å². The van der Waals surface area contributed by atoms with Crippen molar-refractivity contribution < 1.29 is 9.90 Å². The summed E-state index contributed by atoms with van der Waals surface area (Å²) in [7, 11) is 0. The van der Waals surface area contributed by atoms with Crippen molar-refractivity contribution >= 4 is 5.97 Å². The summed E-state index contributed by atoms with van der Waals surface area (Å²) in [5.74, 6) is -0.0208. The van der Waals surface area contributed by atoms with E-state index in [-0.39, 0.29) is 6.42 Å². The van der Waals surface area contributed by atoms with Gasteiger partial charge in [-0.2, -0.15) is 0 Å². The number of carboxylic acid groups (broad SMARTS) is 1. The van der Waals surface area contributed by atoms with E-state index in [1.165, 1.54) is 5.56 Å². The molecule has 1 aromatic heterocycles. The fourth-order valence-corrected chi connectivity index (χ4v) is 1.87. The molecule has 4 nitrogen and oxygen atoms in total. The second-order valence-electron chi connectivity index (χ2n) is 4.13. The molecule has 94 valence electrons. The minimum Gasteiger partial charge on any atom is -0.481 e. The number of rotatable bonds is 5. The Balaban J connectivity index is 2.21. The lowest BCUT2D eigenvalue weighted by Crippen LogP contribution is -2.04. The van der Waals surface area contributed by atoms with Crippen molar-refractivity contribution in [3.8, 4) is 5.69 Å². The first kappa shape index (κ1) is 12.4. The van der Waals surface area contributed by atoms with Crippen LogP contribution in [0.25, 0.3) is 5.69 Å². The monoisotopic (exact) mass is 244 g/mol. The molecule has 0 radical (unpaired) electrons. The maximum absolute atomic E-state index is 10.6. The van der Waals surface area contributed by atoms with Crippen LogP contribution in [-0.4, -0.2) is 20.6 Å². The lowest BCUT2D eigenvalue weighted by atomic mass is 10.1. The minimum atomic E-state index is -0.800. The van der Waals surface area contributed by atoms with E-state index in [4.69, 9.17) is 5.11 Å². The fourth-order valence-electron chi connectivity index (χ4n) is 1.87. The van der Waals surface area contributed by atoms with Gasteiger partial charge in [-0.3, -0.25) is 4.79 Å². The molecule has 0 aliphatic rings. The third-order valence-corrected chi connectivity index (χ3v) is 2.90. The summed E-state index contributed by atoms with van der Waals surface area (Å²) in [6, 6.07) is 8.22. The summed E-state index contributed by atoms with van der Waals surface area (Å²) >= 11 is 0. The number of aryl methyl sites for hydroxylation is 2. The van der Waals surface area contributed by atoms with Crippen LogP contribution in [0.1, 0.15) is 24.7 Å². The number of carbonyl (C=O) groups is 1. The molecule has 0 amide bonds. The third kappa shape index (κ3) is 2.77. The quantitative estimate of drug-likeness (QED) is 0.879. The van der Waals surface area contributed by atoms with Gasteiger partial charge in [0.05, 0.1) is 6.42 Å². The van der Waals surface area contributed by atoms with Gasteiger partial charge in [0.15, 0.2) is 0 Å². The van der Waals surface area contributed by atoms with Crippen molar-refractivity contribution in [3.63, 3.8) is 0 Å². The number of nitrogens with zero attached hydrogens (tertiary/aromatic N) is 2. The molecule has 18 heavy (non-hydrogen) atoms. The van der Waals surface area contributed by atoms with Crippen molar-refractivity contribution in [2.45, 2.75) is 26.2 Å². The molecule has 1 N–H and O–H groups in total. The fraction of sp³-hybridized carbons (Fsp3) is 0.286. The van der Waals surface area contributed by atoms with Crippen molar-refractivity contribution in [3.05, 3.63) is 48.0 Å². The average Bonchev–Trinajstić information content (AvgIpc) is 2.85. The van der Waals surface area contributed by atoms with E-state index in [1.54, 1.807) is 6.20 Å². The molecular weight excluding hydrogens is 228 g/mol. The van der Waals surface area contributed by atoms with Gasteiger partial charge >= 0.3 is 5.97 Å². The van der Waals surface area contributed by atoms with Crippen LogP contribution in [0.2, 0.25) is 0 Å².